The van der Waals surface area contributed by atoms with Crippen LogP contribution in [0.25, 0.3) is 0 Å². The van der Waals surface area contributed by atoms with Gasteiger partial charge in [0, 0.05) is 12.8 Å². The van der Waals surface area contributed by atoms with Gasteiger partial charge in [-0.15, -0.1) is 0 Å². The predicted molar refractivity (Wildman–Crippen MR) is 310 cm³/mol. The number of amides is 1. The molecule has 0 rings (SSSR count). The van der Waals surface area contributed by atoms with Crippen molar-refractivity contribution in [2.75, 3.05) is 13.2 Å². The van der Waals surface area contributed by atoms with Crippen LogP contribution in [0.4, 0.5) is 0 Å². The van der Waals surface area contributed by atoms with Gasteiger partial charge in [0.2, 0.25) is 5.91 Å². The number of ether oxygens (including phenoxy) is 1. The molecule has 71 heavy (non-hydrogen) atoms. The number of unbranched alkanes of at least 4 members (excludes halogenated alkanes) is 44. The molecule has 2 atom stereocenters. The zero-order valence-electron chi connectivity index (χ0n) is 47.7. The Morgan fingerprint density at radius 2 is 0.662 bits per heavy atom. The fraction of sp³-hybridized carbons (Fsp3) is 0.877. The summed E-state index contributed by atoms with van der Waals surface area (Å²) in [4.78, 5) is 24.5. The van der Waals surface area contributed by atoms with Crippen molar-refractivity contribution in [1.29, 1.82) is 0 Å². The van der Waals surface area contributed by atoms with Crippen LogP contribution < -0.4 is 5.32 Å². The predicted octanol–water partition coefficient (Wildman–Crippen LogP) is 20.0. The molecular weight excluding hydrogens is 875 g/mol. The minimum atomic E-state index is -0.846. The minimum absolute atomic E-state index is 0.00914. The molecule has 0 heterocycles. The van der Waals surface area contributed by atoms with Crippen LogP contribution in [0.2, 0.25) is 0 Å². The Morgan fingerprint density at radius 3 is 1.00 bits per heavy atom. The zero-order valence-corrected chi connectivity index (χ0v) is 47.7. The molecule has 0 spiro atoms. The Balaban J connectivity index is 3.39. The molecule has 0 aromatic rings. The largest absolute Gasteiger partial charge is 0.466 e. The first kappa shape index (κ1) is 69.1. The van der Waals surface area contributed by atoms with E-state index in [9.17, 15) is 19.8 Å². The Hall–Kier alpha value is -1.92. The number of carbonyl (C=O) groups excluding carboxylic acids is 2. The molecule has 0 saturated heterocycles. The molecule has 2 unspecified atom stereocenters. The Bertz CT molecular complexity index is 1150. The second-order valence-electron chi connectivity index (χ2n) is 21.7. The van der Waals surface area contributed by atoms with Gasteiger partial charge in [0.15, 0.2) is 0 Å². The molecule has 418 valence electrons. The summed E-state index contributed by atoms with van der Waals surface area (Å²) in [5, 5.41) is 23.1. The van der Waals surface area contributed by atoms with Crippen molar-refractivity contribution in [2.45, 2.75) is 353 Å². The topological polar surface area (TPSA) is 95.9 Å². The van der Waals surface area contributed by atoms with E-state index >= 15 is 0 Å². The van der Waals surface area contributed by atoms with E-state index in [1.807, 2.05) is 6.08 Å². The minimum Gasteiger partial charge on any atom is -0.466 e. The van der Waals surface area contributed by atoms with E-state index in [-0.39, 0.29) is 18.5 Å². The fourth-order valence-corrected chi connectivity index (χ4v) is 9.74. The van der Waals surface area contributed by atoms with Crippen molar-refractivity contribution in [3.05, 3.63) is 36.5 Å². The number of aliphatic hydroxyl groups is 2. The lowest BCUT2D eigenvalue weighted by Crippen LogP contribution is -2.45. The second kappa shape index (κ2) is 60.6. The lowest BCUT2D eigenvalue weighted by atomic mass is 10.0. The van der Waals surface area contributed by atoms with E-state index in [4.69, 9.17) is 4.74 Å². The molecule has 0 bridgehead atoms. The van der Waals surface area contributed by atoms with E-state index in [2.05, 4.69) is 43.5 Å². The number of esters is 1. The fourth-order valence-electron chi connectivity index (χ4n) is 9.74. The van der Waals surface area contributed by atoms with E-state index in [1.54, 1.807) is 6.08 Å². The lowest BCUT2D eigenvalue weighted by molar-refractivity contribution is -0.143. The maximum absolute atomic E-state index is 12.4. The molecule has 0 saturated carbocycles. The molecule has 0 aliphatic heterocycles. The third kappa shape index (κ3) is 57.2. The van der Waals surface area contributed by atoms with Gasteiger partial charge in [-0.1, -0.05) is 281 Å². The van der Waals surface area contributed by atoms with Gasteiger partial charge >= 0.3 is 5.97 Å². The number of hydrogen-bond acceptors (Lipinski definition) is 5. The highest BCUT2D eigenvalue weighted by atomic mass is 16.5. The van der Waals surface area contributed by atoms with Crippen LogP contribution in [0.1, 0.15) is 341 Å². The standard InChI is InChI=1S/C65H123NO5/c1-3-5-7-9-11-13-15-17-18-19-29-32-35-39-43-47-51-55-59-65(70)71-60-56-52-48-44-40-36-33-30-27-25-23-21-20-22-24-26-28-31-34-38-42-46-50-54-58-64(69)66-62(61-67)63(68)57-53-49-45-41-37-16-14-12-10-8-6-4-2/h18-19,22,24,53,57,62-63,67-68H,3-17,20-21,23,25-52,54-56,58-61H2,1-2H3,(H,66,69)/b19-18-,24-22-,57-53+. The van der Waals surface area contributed by atoms with Crippen LogP contribution in [0.3, 0.4) is 0 Å². The van der Waals surface area contributed by atoms with Gasteiger partial charge in [-0.25, -0.2) is 0 Å². The first-order chi connectivity index (χ1) is 35.0. The highest BCUT2D eigenvalue weighted by Crippen LogP contribution is 2.17. The van der Waals surface area contributed by atoms with Gasteiger partial charge in [0.1, 0.15) is 0 Å². The average molecular weight is 999 g/mol. The van der Waals surface area contributed by atoms with Crippen molar-refractivity contribution in [2.24, 2.45) is 0 Å². The van der Waals surface area contributed by atoms with E-state index in [0.717, 1.165) is 44.9 Å². The van der Waals surface area contributed by atoms with Gasteiger partial charge in [-0.3, -0.25) is 9.59 Å². The SMILES string of the molecule is CCCCCCCCC/C=C\CCCCCCCCCC(=O)OCCCCCCCCCCCCCC/C=C\CCCCCCCCCCC(=O)NC(CO)C(O)/C=C/CCCCCCCCCCCC. The first-order valence-electron chi connectivity index (χ1n) is 31.8. The molecule has 0 aromatic carbocycles. The van der Waals surface area contributed by atoms with Crippen LogP contribution in [0.15, 0.2) is 36.5 Å². The number of aliphatic hydroxyl groups excluding tert-OH is 2. The molecule has 6 heteroatoms. The number of rotatable bonds is 59. The van der Waals surface area contributed by atoms with Crippen molar-refractivity contribution in [3.8, 4) is 0 Å². The Morgan fingerprint density at radius 1 is 0.380 bits per heavy atom. The summed E-state index contributed by atoms with van der Waals surface area (Å²) in [5.74, 6) is -0.0636. The monoisotopic (exact) mass is 998 g/mol. The molecule has 0 aromatic heterocycles. The van der Waals surface area contributed by atoms with Gasteiger partial charge < -0.3 is 20.3 Å². The molecule has 6 nitrogen and oxygen atoms in total. The Labute approximate surface area is 443 Å². The van der Waals surface area contributed by atoms with Gasteiger partial charge in [-0.2, -0.15) is 0 Å². The van der Waals surface area contributed by atoms with Crippen LogP contribution in [0, 0.1) is 0 Å². The summed E-state index contributed by atoms with van der Waals surface area (Å²) in [7, 11) is 0. The normalized spacial score (nSPS) is 12.8. The second-order valence-corrected chi connectivity index (χ2v) is 21.7. The highest BCUT2D eigenvalue weighted by molar-refractivity contribution is 5.76. The van der Waals surface area contributed by atoms with Crippen molar-refractivity contribution >= 4 is 11.9 Å². The van der Waals surface area contributed by atoms with Gasteiger partial charge in [-0.05, 0) is 83.5 Å². The van der Waals surface area contributed by atoms with Crippen LogP contribution in [-0.4, -0.2) is 47.4 Å². The molecule has 1 amide bonds. The summed E-state index contributed by atoms with van der Waals surface area (Å²) < 4.78 is 5.50. The smallest absolute Gasteiger partial charge is 0.305 e. The zero-order chi connectivity index (χ0) is 51.4. The van der Waals surface area contributed by atoms with Crippen LogP contribution in [-0.2, 0) is 14.3 Å². The number of hydrogen-bond donors (Lipinski definition) is 3. The first-order valence-corrected chi connectivity index (χ1v) is 31.8. The summed E-state index contributed by atoms with van der Waals surface area (Å²) in [5.41, 5.74) is 0. The van der Waals surface area contributed by atoms with Crippen molar-refractivity contribution in [3.63, 3.8) is 0 Å². The Kier molecular flexibility index (Phi) is 59.0. The molecule has 0 aliphatic carbocycles. The molecule has 3 N–H and O–H groups in total. The van der Waals surface area contributed by atoms with Crippen LogP contribution in [0.5, 0.6) is 0 Å². The number of carbonyl (C=O) groups is 2. The van der Waals surface area contributed by atoms with Crippen LogP contribution >= 0.6 is 0 Å². The van der Waals surface area contributed by atoms with Crippen molar-refractivity contribution < 1.29 is 24.5 Å². The summed E-state index contributed by atoms with van der Waals surface area (Å²) in [6.45, 7) is 4.90. The van der Waals surface area contributed by atoms with E-state index < -0.39 is 12.1 Å². The molecule has 0 aliphatic rings. The number of nitrogens with one attached hydrogen (secondary N) is 1. The third-order valence-electron chi connectivity index (χ3n) is 14.6. The van der Waals surface area contributed by atoms with Gasteiger partial charge in [0.05, 0.1) is 25.4 Å². The maximum Gasteiger partial charge on any atom is 0.305 e. The third-order valence-corrected chi connectivity index (χ3v) is 14.6. The molecule has 0 fully saturated rings. The lowest BCUT2D eigenvalue weighted by Gasteiger charge is -2.20. The summed E-state index contributed by atoms with van der Waals surface area (Å²) >= 11 is 0. The summed E-state index contributed by atoms with van der Waals surface area (Å²) in [6.07, 6.45) is 76.2. The number of allylic oxidation sites excluding steroid dienone is 5. The van der Waals surface area contributed by atoms with E-state index in [1.165, 1.54) is 270 Å². The summed E-state index contributed by atoms with van der Waals surface area (Å²) in [6, 6.07) is -0.630. The van der Waals surface area contributed by atoms with Crippen molar-refractivity contribution in [1.82, 2.24) is 5.32 Å². The maximum atomic E-state index is 12.4. The average Bonchev–Trinajstić information content (AvgIpc) is 3.37. The molecule has 0 radical (unpaired) electrons. The highest BCUT2D eigenvalue weighted by Gasteiger charge is 2.18. The molecular formula is C65H123NO5. The van der Waals surface area contributed by atoms with E-state index in [0.29, 0.717) is 19.4 Å². The van der Waals surface area contributed by atoms with Gasteiger partial charge in [0.25, 0.3) is 0 Å². The quantitative estimate of drug-likeness (QED) is 0.0321.